The van der Waals surface area contributed by atoms with Gasteiger partial charge in [0.15, 0.2) is 12.4 Å². The lowest BCUT2D eigenvalue weighted by Gasteiger charge is -2.10. The van der Waals surface area contributed by atoms with Gasteiger partial charge >= 0.3 is 0 Å². The molecule has 1 aromatic carbocycles. The predicted molar refractivity (Wildman–Crippen MR) is 94.1 cm³/mol. The van der Waals surface area contributed by atoms with Gasteiger partial charge in [-0.3, -0.25) is 4.79 Å². The summed E-state index contributed by atoms with van der Waals surface area (Å²) in [7, 11) is 0. The van der Waals surface area contributed by atoms with Crippen molar-refractivity contribution in [3.63, 3.8) is 0 Å². The molecule has 0 unspecified atom stereocenters. The Morgan fingerprint density at radius 2 is 1.67 bits per heavy atom. The van der Waals surface area contributed by atoms with Crippen LogP contribution in [0.25, 0.3) is 11.1 Å². The van der Waals surface area contributed by atoms with Gasteiger partial charge in [-0.15, -0.1) is 0 Å². The van der Waals surface area contributed by atoms with E-state index in [9.17, 15) is 10.0 Å². The smallest absolute Gasteiger partial charge is 0.224 e. The summed E-state index contributed by atoms with van der Waals surface area (Å²) in [5.74, 6) is 0.899. The Balaban J connectivity index is 1.48. The standard InChI is InChI=1S/C20H24N2O2/c23-20(21-12-9-16-3-1-2-4-16)15-17-5-7-18(8-6-17)19-10-13-22(24)14-11-19/h5-8,10-11,13-14,16H,1-4,9,12,15H2,(H,21,23). The summed E-state index contributed by atoms with van der Waals surface area (Å²) >= 11 is 0. The van der Waals surface area contributed by atoms with Crippen molar-refractivity contribution in [3.05, 3.63) is 59.6 Å². The molecule has 1 amide bonds. The zero-order valence-electron chi connectivity index (χ0n) is 13.9. The summed E-state index contributed by atoms with van der Waals surface area (Å²) in [6, 6.07) is 11.5. The quantitative estimate of drug-likeness (QED) is 0.655. The van der Waals surface area contributed by atoms with E-state index in [0.29, 0.717) is 6.42 Å². The number of aromatic nitrogens is 1. The van der Waals surface area contributed by atoms with Gasteiger partial charge in [0, 0.05) is 18.7 Å². The van der Waals surface area contributed by atoms with Crippen LogP contribution in [-0.4, -0.2) is 12.5 Å². The van der Waals surface area contributed by atoms with Gasteiger partial charge in [-0.1, -0.05) is 49.9 Å². The van der Waals surface area contributed by atoms with Crippen molar-refractivity contribution in [2.24, 2.45) is 5.92 Å². The Kier molecular flexibility index (Phi) is 5.47. The number of benzene rings is 1. The number of hydrogen-bond donors (Lipinski definition) is 1. The van der Waals surface area contributed by atoms with Gasteiger partial charge in [0.1, 0.15) is 0 Å². The molecule has 0 bridgehead atoms. The van der Waals surface area contributed by atoms with Crippen LogP contribution in [0.4, 0.5) is 0 Å². The molecule has 3 rings (SSSR count). The highest BCUT2D eigenvalue weighted by molar-refractivity contribution is 5.78. The van der Waals surface area contributed by atoms with E-state index in [4.69, 9.17) is 0 Å². The van der Waals surface area contributed by atoms with Crippen molar-refractivity contribution in [1.29, 1.82) is 0 Å². The second kappa shape index (κ2) is 7.95. The van der Waals surface area contributed by atoms with Gasteiger partial charge in [0.2, 0.25) is 5.91 Å². The van der Waals surface area contributed by atoms with Crippen LogP contribution in [0.3, 0.4) is 0 Å². The molecule has 1 fully saturated rings. The van der Waals surface area contributed by atoms with Gasteiger partial charge in [-0.25, -0.2) is 0 Å². The maximum absolute atomic E-state index is 12.0. The highest BCUT2D eigenvalue weighted by atomic mass is 16.5. The molecule has 0 radical (unpaired) electrons. The first-order chi connectivity index (χ1) is 11.7. The second-order valence-corrected chi connectivity index (χ2v) is 6.61. The van der Waals surface area contributed by atoms with Gasteiger partial charge in [0.05, 0.1) is 6.42 Å². The van der Waals surface area contributed by atoms with Crippen LogP contribution < -0.4 is 10.0 Å². The lowest BCUT2D eigenvalue weighted by molar-refractivity contribution is -0.605. The number of carbonyl (C=O) groups excluding carboxylic acids is 1. The number of carbonyl (C=O) groups is 1. The largest absolute Gasteiger partial charge is 0.619 e. The molecule has 2 aromatic rings. The van der Waals surface area contributed by atoms with Crippen LogP contribution in [0.5, 0.6) is 0 Å². The molecule has 24 heavy (non-hydrogen) atoms. The van der Waals surface area contributed by atoms with E-state index < -0.39 is 0 Å². The van der Waals surface area contributed by atoms with Gasteiger partial charge in [0.25, 0.3) is 0 Å². The minimum atomic E-state index is 0.0906. The molecule has 1 saturated carbocycles. The molecule has 1 N–H and O–H groups in total. The zero-order valence-corrected chi connectivity index (χ0v) is 13.9. The molecule has 0 atom stereocenters. The van der Waals surface area contributed by atoms with Crippen LogP contribution in [0, 0.1) is 11.1 Å². The summed E-state index contributed by atoms with van der Waals surface area (Å²) < 4.78 is 0.772. The number of hydrogen-bond acceptors (Lipinski definition) is 2. The third-order valence-electron chi connectivity index (χ3n) is 4.80. The summed E-state index contributed by atoms with van der Waals surface area (Å²) in [6.45, 7) is 0.792. The Morgan fingerprint density at radius 1 is 1.04 bits per heavy atom. The van der Waals surface area contributed by atoms with Crippen molar-refractivity contribution in [2.75, 3.05) is 6.54 Å². The van der Waals surface area contributed by atoms with Gasteiger partial charge in [-0.05, 0) is 29.0 Å². The van der Waals surface area contributed by atoms with Crippen molar-refractivity contribution in [1.82, 2.24) is 5.32 Å². The van der Waals surface area contributed by atoms with Crippen LogP contribution in [-0.2, 0) is 11.2 Å². The third-order valence-corrected chi connectivity index (χ3v) is 4.80. The van der Waals surface area contributed by atoms with Crippen molar-refractivity contribution < 1.29 is 9.52 Å². The number of rotatable bonds is 6. The SMILES string of the molecule is O=C(Cc1ccc(-c2cc[n+]([O-])cc2)cc1)NCCC1CCCC1. The summed E-state index contributed by atoms with van der Waals surface area (Å²) in [5.41, 5.74) is 3.04. The molecule has 4 heteroatoms. The second-order valence-electron chi connectivity index (χ2n) is 6.61. The number of nitrogens with zero attached hydrogens (tertiary/aromatic N) is 1. The maximum atomic E-state index is 12.0. The summed E-state index contributed by atoms with van der Waals surface area (Å²) in [5, 5.41) is 14.1. The number of pyridine rings is 1. The van der Waals surface area contributed by atoms with E-state index >= 15 is 0 Å². The molecular formula is C20H24N2O2. The molecule has 0 aliphatic heterocycles. The average Bonchev–Trinajstić information content (AvgIpc) is 3.10. The molecular weight excluding hydrogens is 300 g/mol. The monoisotopic (exact) mass is 324 g/mol. The Bertz CT molecular complexity index is 659. The molecule has 0 spiro atoms. The van der Waals surface area contributed by atoms with E-state index in [1.54, 1.807) is 12.1 Å². The third kappa shape index (κ3) is 4.57. The number of amides is 1. The Hall–Kier alpha value is -2.36. The molecule has 4 nitrogen and oxygen atoms in total. The first kappa shape index (κ1) is 16.5. The topological polar surface area (TPSA) is 56.0 Å². The van der Waals surface area contributed by atoms with Crippen LogP contribution >= 0.6 is 0 Å². The Labute approximate surface area is 143 Å². The molecule has 0 saturated heterocycles. The molecule has 1 aromatic heterocycles. The van der Waals surface area contributed by atoms with E-state index in [-0.39, 0.29) is 5.91 Å². The highest BCUT2D eigenvalue weighted by Crippen LogP contribution is 2.26. The fourth-order valence-electron chi connectivity index (χ4n) is 3.38. The summed E-state index contributed by atoms with van der Waals surface area (Å²) in [6.07, 6.45) is 9.84. The lowest BCUT2D eigenvalue weighted by Crippen LogP contribution is -2.27. The minimum Gasteiger partial charge on any atom is -0.619 e. The normalized spacial score (nSPS) is 14.7. The van der Waals surface area contributed by atoms with Crippen LogP contribution in [0.2, 0.25) is 0 Å². The molecule has 1 heterocycles. The minimum absolute atomic E-state index is 0.0906. The molecule has 1 aliphatic carbocycles. The highest BCUT2D eigenvalue weighted by Gasteiger charge is 2.14. The van der Waals surface area contributed by atoms with Crippen LogP contribution in [0.1, 0.15) is 37.7 Å². The van der Waals surface area contributed by atoms with Crippen LogP contribution in [0.15, 0.2) is 48.8 Å². The van der Waals surface area contributed by atoms with Crippen molar-refractivity contribution >= 4 is 5.91 Å². The molecule has 126 valence electrons. The van der Waals surface area contributed by atoms with E-state index in [2.05, 4.69) is 5.32 Å². The first-order valence-corrected chi connectivity index (χ1v) is 8.75. The maximum Gasteiger partial charge on any atom is 0.224 e. The number of nitrogens with one attached hydrogen (secondary N) is 1. The van der Waals surface area contributed by atoms with Crippen molar-refractivity contribution in [2.45, 2.75) is 38.5 Å². The van der Waals surface area contributed by atoms with E-state index in [1.165, 1.54) is 38.1 Å². The van der Waals surface area contributed by atoms with E-state index in [1.807, 2.05) is 24.3 Å². The van der Waals surface area contributed by atoms with Gasteiger partial charge in [-0.2, -0.15) is 4.73 Å². The first-order valence-electron chi connectivity index (χ1n) is 8.75. The zero-order chi connectivity index (χ0) is 16.8. The van der Waals surface area contributed by atoms with Gasteiger partial charge < -0.3 is 10.5 Å². The average molecular weight is 324 g/mol. The molecule has 1 aliphatic rings. The Morgan fingerprint density at radius 3 is 2.33 bits per heavy atom. The fourth-order valence-corrected chi connectivity index (χ4v) is 3.38. The van der Waals surface area contributed by atoms with Crippen molar-refractivity contribution in [3.8, 4) is 11.1 Å². The predicted octanol–water partition coefficient (Wildman–Crippen LogP) is 3.23. The summed E-state index contributed by atoms with van der Waals surface area (Å²) in [4.78, 5) is 12.0. The van der Waals surface area contributed by atoms with E-state index in [0.717, 1.165) is 40.3 Å². The fraction of sp³-hybridized carbons (Fsp3) is 0.400. The lowest BCUT2D eigenvalue weighted by atomic mass is 10.0.